The van der Waals surface area contributed by atoms with Gasteiger partial charge in [0.1, 0.15) is 0 Å². The first-order valence-electron chi connectivity index (χ1n) is 3.08. The summed E-state index contributed by atoms with van der Waals surface area (Å²) >= 11 is 0. The summed E-state index contributed by atoms with van der Waals surface area (Å²) in [6, 6.07) is 0.174. The average molecular weight is 152 g/mol. The summed E-state index contributed by atoms with van der Waals surface area (Å²) in [5.74, 6) is 0. The van der Waals surface area contributed by atoms with Crippen molar-refractivity contribution in [1.29, 1.82) is 0 Å². The molecule has 0 aromatic heterocycles. The predicted molar refractivity (Wildman–Crippen MR) is 39.7 cm³/mol. The lowest BCUT2D eigenvalue weighted by Gasteiger charge is -2.14. The minimum absolute atomic E-state index is 0. The molecule has 0 radical (unpaired) electrons. The van der Waals surface area contributed by atoms with Gasteiger partial charge in [0.15, 0.2) is 0 Å². The highest BCUT2D eigenvalue weighted by molar-refractivity contribution is 5.85. The first-order valence-corrected chi connectivity index (χ1v) is 3.08. The van der Waals surface area contributed by atoms with Crippen molar-refractivity contribution >= 4 is 12.4 Å². The molecule has 3 N–H and O–H groups in total. The van der Waals surface area contributed by atoms with Crippen LogP contribution in [-0.4, -0.2) is 17.8 Å². The number of hydrogen-bond donors (Lipinski definition) is 2. The molecule has 0 spiro atoms. The van der Waals surface area contributed by atoms with E-state index >= 15 is 0 Å². The van der Waals surface area contributed by atoms with Crippen molar-refractivity contribution in [3.63, 3.8) is 0 Å². The molecule has 0 unspecified atom stereocenters. The van der Waals surface area contributed by atoms with Gasteiger partial charge in [-0.15, -0.1) is 12.4 Å². The lowest BCUT2D eigenvalue weighted by molar-refractivity contribution is 0.192. The Bertz CT molecular complexity index is 91.1. The molecule has 56 valence electrons. The first kappa shape index (κ1) is 9.21. The van der Waals surface area contributed by atoms with Gasteiger partial charge in [-0.05, 0) is 19.8 Å². The fourth-order valence-electron chi connectivity index (χ4n) is 0.918. The molecule has 0 aromatic carbocycles. The number of nitrogens with two attached hydrogens (primary N) is 1. The molecule has 1 rings (SSSR count). The van der Waals surface area contributed by atoms with Crippen LogP contribution in [0.2, 0.25) is 0 Å². The summed E-state index contributed by atoms with van der Waals surface area (Å²) in [5.41, 5.74) is 5.71. The van der Waals surface area contributed by atoms with Crippen molar-refractivity contribution < 1.29 is 5.11 Å². The predicted octanol–water partition coefficient (Wildman–Crippen LogP) is 0.528. The monoisotopic (exact) mass is 151 g/mol. The minimum atomic E-state index is 0. The van der Waals surface area contributed by atoms with Gasteiger partial charge >= 0.3 is 0 Å². The smallest absolute Gasteiger partial charge is 0.0502 e. The Morgan fingerprint density at radius 3 is 2.11 bits per heavy atom. The lowest BCUT2D eigenvalue weighted by atomic mass is 10.0. The summed E-state index contributed by atoms with van der Waals surface area (Å²) in [4.78, 5) is 0. The molecular formula is C6H14ClNO. The maximum atomic E-state index is 8.75. The van der Waals surface area contributed by atoms with Crippen LogP contribution in [0, 0.1) is 5.41 Å². The topological polar surface area (TPSA) is 46.2 Å². The van der Waals surface area contributed by atoms with Gasteiger partial charge in [-0.3, -0.25) is 0 Å². The summed E-state index contributed by atoms with van der Waals surface area (Å²) in [6.45, 7) is 2.23. The SMILES string of the molecule is C[C@@H](N)C1(CO)CC1.Cl. The van der Waals surface area contributed by atoms with Crippen molar-refractivity contribution in [1.82, 2.24) is 0 Å². The van der Waals surface area contributed by atoms with Gasteiger partial charge in [-0.25, -0.2) is 0 Å². The van der Waals surface area contributed by atoms with Crippen LogP contribution < -0.4 is 5.73 Å². The fourth-order valence-corrected chi connectivity index (χ4v) is 0.918. The third kappa shape index (κ3) is 1.57. The van der Waals surface area contributed by atoms with Gasteiger partial charge in [-0.2, -0.15) is 0 Å². The van der Waals surface area contributed by atoms with Crippen molar-refractivity contribution in [2.75, 3.05) is 6.61 Å². The van der Waals surface area contributed by atoms with Gasteiger partial charge in [-0.1, -0.05) is 0 Å². The zero-order valence-corrected chi connectivity index (χ0v) is 6.45. The lowest BCUT2D eigenvalue weighted by Crippen LogP contribution is -2.30. The van der Waals surface area contributed by atoms with E-state index in [9.17, 15) is 0 Å². The van der Waals surface area contributed by atoms with Crippen molar-refractivity contribution in [3.05, 3.63) is 0 Å². The number of halogens is 1. The van der Waals surface area contributed by atoms with Crippen LogP contribution in [0.4, 0.5) is 0 Å². The summed E-state index contributed by atoms with van der Waals surface area (Å²) in [7, 11) is 0. The second kappa shape index (κ2) is 2.86. The number of aliphatic hydroxyl groups is 1. The zero-order chi connectivity index (χ0) is 6.20. The molecule has 1 fully saturated rings. The van der Waals surface area contributed by atoms with Gasteiger partial charge in [0.25, 0.3) is 0 Å². The average Bonchev–Trinajstić information content (AvgIpc) is 2.44. The van der Waals surface area contributed by atoms with Crippen molar-refractivity contribution in [2.24, 2.45) is 11.1 Å². The number of hydrogen-bond acceptors (Lipinski definition) is 2. The highest BCUT2D eigenvalue weighted by atomic mass is 35.5. The summed E-state index contributed by atoms with van der Waals surface area (Å²) < 4.78 is 0. The van der Waals surface area contributed by atoms with Crippen LogP contribution in [0.3, 0.4) is 0 Å². The number of aliphatic hydroxyl groups excluding tert-OH is 1. The van der Waals surface area contributed by atoms with E-state index in [4.69, 9.17) is 10.8 Å². The van der Waals surface area contributed by atoms with Crippen LogP contribution in [0.25, 0.3) is 0 Å². The highest BCUT2D eigenvalue weighted by Gasteiger charge is 2.45. The zero-order valence-electron chi connectivity index (χ0n) is 5.63. The summed E-state index contributed by atoms with van der Waals surface area (Å²) in [6.07, 6.45) is 2.22. The van der Waals surface area contributed by atoms with Crippen LogP contribution in [0.15, 0.2) is 0 Å². The molecule has 0 bridgehead atoms. The Morgan fingerprint density at radius 2 is 2.11 bits per heavy atom. The molecule has 9 heavy (non-hydrogen) atoms. The molecule has 0 saturated heterocycles. The maximum Gasteiger partial charge on any atom is 0.0502 e. The molecule has 1 atom stereocenters. The normalized spacial score (nSPS) is 24.3. The largest absolute Gasteiger partial charge is 0.396 e. The molecule has 0 heterocycles. The Hall–Kier alpha value is 0.210. The van der Waals surface area contributed by atoms with Gasteiger partial charge < -0.3 is 10.8 Å². The third-order valence-electron chi connectivity index (χ3n) is 2.17. The van der Waals surface area contributed by atoms with E-state index in [1.807, 2.05) is 6.92 Å². The van der Waals surface area contributed by atoms with Crippen LogP contribution in [-0.2, 0) is 0 Å². The van der Waals surface area contributed by atoms with Crippen LogP contribution in [0.5, 0.6) is 0 Å². The summed E-state index contributed by atoms with van der Waals surface area (Å²) in [5, 5.41) is 8.75. The van der Waals surface area contributed by atoms with E-state index in [1.165, 1.54) is 0 Å². The van der Waals surface area contributed by atoms with E-state index in [-0.39, 0.29) is 30.5 Å². The van der Waals surface area contributed by atoms with Crippen LogP contribution in [0.1, 0.15) is 19.8 Å². The van der Waals surface area contributed by atoms with E-state index in [0.717, 1.165) is 12.8 Å². The molecule has 1 aliphatic carbocycles. The maximum absolute atomic E-state index is 8.75. The Morgan fingerprint density at radius 1 is 1.67 bits per heavy atom. The Balaban J connectivity index is 0.000000640. The Labute approximate surface area is 61.8 Å². The first-order chi connectivity index (χ1) is 3.71. The molecule has 1 saturated carbocycles. The molecule has 2 nitrogen and oxygen atoms in total. The standard InChI is InChI=1S/C6H13NO.ClH/c1-5(7)6(4-8)2-3-6;/h5,8H,2-4,7H2,1H3;1H/t5-;/m1./s1. The molecular weight excluding hydrogens is 138 g/mol. The van der Waals surface area contributed by atoms with Crippen LogP contribution >= 0.6 is 12.4 Å². The van der Waals surface area contributed by atoms with E-state index in [2.05, 4.69) is 0 Å². The van der Waals surface area contributed by atoms with Gasteiger partial charge in [0, 0.05) is 11.5 Å². The van der Waals surface area contributed by atoms with E-state index in [1.54, 1.807) is 0 Å². The minimum Gasteiger partial charge on any atom is -0.396 e. The van der Waals surface area contributed by atoms with Gasteiger partial charge in [0.05, 0.1) is 6.61 Å². The fraction of sp³-hybridized carbons (Fsp3) is 1.00. The number of rotatable bonds is 2. The van der Waals surface area contributed by atoms with Crippen molar-refractivity contribution in [2.45, 2.75) is 25.8 Å². The Kier molecular flexibility index (Phi) is 2.93. The van der Waals surface area contributed by atoms with E-state index < -0.39 is 0 Å². The molecule has 0 aliphatic heterocycles. The molecule has 0 amide bonds. The molecule has 1 aliphatic rings. The highest BCUT2D eigenvalue weighted by Crippen LogP contribution is 2.47. The van der Waals surface area contributed by atoms with Crippen molar-refractivity contribution in [3.8, 4) is 0 Å². The second-order valence-electron chi connectivity index (χ2n) is 2.81. The van der Waals surface area contributed by atoms with E-state index in [0.29, 0.717) is 0 Å². The second-order valence-corrected chi connectivity index (χ2v) is 2.81. The quantitative estimate of drug-likeness (QED) is 0.605. The third-order valence-corrected chi connectivity index (χ3v) is 2.17. The van der Waals surface area contributed by atoms with Gasteiger partial charge in [0.2, 0.25) is 0 Å². The molecule has 3 heteroatoms. The molecule has 0 aromatic rings.